The molecule has 2 rings (SSSR count). The molecular weight excluding hydrogens is 290 g/mol. The Hall–Kier alpha value is -2.27. The first-order chi connectivity index (χ1) is 10.2. The minimum absolute atomic E-state index is 0.233. The second-order valence-electron chi connectivity index (χ2n) is 4.22. The molecule has 0 spiro atoms. The first kappa shape index (κ1) is 15.1. The van der Waals surface area contributed by atoms with Crippen molar-refractivity contribution in [3.05, 3.63) is 53.2 Å². The van der Waals surface area contributed by atoms with Gasteiger partial charge in [-0.1, -0.05) is 29.8 Å². The number of carbonyl (C=O) groups excluding carboxylic acids is 1. The normalized spacial score (nSPS) is 10.0. The van der Waals surface area contributed by atoms with Crippen LogP contribution in [0.2, 0.25) is 5.02 Å². The Morgan fingerprint density at radius 3 is 2.76 bits per heavy atom. The maximum Gasteiger partial charge on any atom is 0.253 e. The number of nitrogens with one attached hydrogen (secondary N) is 2. The number of para-hydroxylation sites is 1. The van der Waals surface area contributed by atoms with Crippen LogP contribution in [0.25, 0.3) is 0 Å². The van der Waals surface area contributed by atoms with E-state index in [1.165, 1.54) is 6.20 Å². The molecule has 0 saturated heterocycles. The first-order valence-corrected chi connectivity index (χ1v) is 6.88. The molecular formula is C15H16ClN3O2. The van der Waals surface area contributed by atoms with E-state index in [2.05, 4.69) is 15.6 Å². The van der Waals surface area contributed by atoms with E-state index < -0.39 is 0 Å². The molecule has 0 saturated carbocycles. The summed E-state index contributed by atoms with van der Waals surface area (Å²) < 4.78 is 5.49. The van der Waals surface area contributed by atoms with Crippen LogP contribution < -0.4 is 15.4 Å². The number of nitrogens with zero attached hydrogens (tertiary/aromatic N) is 1. The van der Waals surface area contributed by atoms with Crippen LogP contribution in [-0.4, -0.2) is 31.1 Å². The molecule has 1 aromatic carbocycles. The standard InChI is InChI=1S/C15H16ClN3O2/c1-17-14-13(16)9-11(10-19-14)15(20)18-7-8-21-12-5-3-2-4-6-12/h2-6,9-10H,7-8H2,1H3,(H,17,19)(H,18,20). The lowest BCUT2D eigenvalue weighted by Gasteiger charge is -2.08. The number of aromatic nitrogens is 1. The molecule has 0 atom stereocenters. The molecule has 110 valence electrons. The van der Waals surface area contributed by atoms with Crippen LogP contribution in [0.1, 0.15) is 10.4 Å². The number of benzene rings is 1. The molecule has 0 aliphatic heterocycles. The van der Waals surface area contributed by atoms with E-state index in [-0.39, 0.29) is 5.91 Å². The molecule has 21 heavy (non-hydrogen) atoms. The van der Waals surface area contributed by atoms with Gasteiger partial charge in [-0.25, -0.2) is 4.98 Å². The van der Waals surface area contributed by atoms with Gasteiger partial charge in [-0.05, 0) is 18.2 Å². The highest BCUT2D eigenvalue weighted by Crippen LogP contribution is 2.19. The van der Waals surface area contributed by atoms with Crippen LogP contribution in [0, 0.1) is 0 Å². The van der Waals surface area contributed by atoms with E-state index in [0.717, 1.165) is 5.75 Å². The Labute approximate surface area is 128 Å². The van der Waals surface area contributed by atoms with Gasteiger partial charge in [0, 0.05) is 13.2 Å². The second kappa shape index (κ2) is 7.50. The van der Waals surface area contributed by atoms with Crippen LogP contribution in [0.5, 0.6) is 5.75 Å². The van der Waals surface area contributed by atoms with Gasteiger partial charge in [0.25, 0.3) is 5.91 Å². The molecule has 1 amide bonds. The van der Waals surface area contributed by atoms with Gasteiger partial charge in [0.2, 0.25) is 0 Å². The van der Waals surface area contributed by atoms with Crippen molar-refractivity contribution in [3.8, 4) is 5.75 Å². The third-order valence-corrected chi connectivity index (χ3v) is 3.03. The maximum atomic E-state index is 11.9. The molecule has 0 bridgehead atoms. The van der Waals surface area contributed by atoms with Crippen molar-refractivity contribution < 1.29 is 9.53 Å². The van der Waals surface area contributed by atoms with Gasteiger partial charge in [0.15, 0.2) is 0 Å². The fourth-order valence-corrected chi connectivity index (χ4v) is 1.96. The Balaban J connectivity index is 1.80. The molecule has 0 radical (unpaired) electrons. The number of rotatable bonds is 6. The van der Waals surface area contributed by atoms with Crippen molar-refractivity contribution in [2.45, 2.75) is 0 Å². The highest BCUT2D eigenvalue weighted by molar-refractivity contribution is 6.33. The smallest absolute Gasteiger partial charge is 0.253 e. The molecule has 2 aromatic rings. The molecule has 0 aliphatic rings. The SMILES string of the molecule is CNc1ncc(C(=O)NCCOc2ccccc2)cc1Cl. The summed E-state index contributed by atoms with van der Waals surface area (Å²) in [6, 6.07) is 11.0. The molecule has 0 unspecified atom stereocenters. The lowest BCUT2D eigenvalue weighted by Crippen LogP contribution is -2.28. The molecule has 6 heteroatoms. The molecule has 2 N–H and O–H groups in total. The van der Waals surface area contributed by atoms with Gasteiger partial charge < -0.3 is 15.4 Å². The largest absolute Gasteiger partial charge is 0.492 e. The summed E-state index contributed by atoms with van der Waals surface area (Å²) in [7, 11) is 1.72. The number of pyridine rings is 1. The molecule has 1 heterocycles. The number of carbonyl (C=O) groups is 1. The fourth-order valence-electron chi connectivity index (χ4n) is 1.70. The Morgan fingerprint density at radius 2 is 2.10 bits per heavy atom. The number of hydrogen-bond acceptors (Lipinski definition) is 4. The third-order valence-electron chi connectivity index (χ3n) is 2.74. The second-order valence-corrected chi connectivity index (χ2v) is 4.63. The average molecular weight is 306 g/mol. The van der Waals surface area contributed by atoms with Crippen LogP contribution in [0.15, 0.2) is 42.6 Å². The van der Waals surface area contributed by atoms with E-state index in [1.54, 1.807) is 13.1 Å². The summed E-state index contributed by atoms with van der Waals surface area (Å²) in [5.74, 6) is 1.08. The third kappa shape index (κ3) is 4.36. The molecule has 1 aromatic heterocycles. The van der Waals surface area contributed by atoms with Crippen molar-refractivity contribution in [2.75, 3.05) is 25.5 Å². The highest BCUT2D eigenvalue weighted by Gasteiger charge is 2.08. The Morgan fingerprint density at radius 1 is 1.33 bits per heavy atom. The van der Waals surface area contributed by atoms with Gasteiger partial charge >= 0.3 is 0 Å². The van der Waals surface area contributed by atoms with Gasteiger partial charge in [-0.2, -0.15) is 0 Å². The number of halogens is 1. The number of hydrogen-bond donors (Lipinski definition) is 2. The summed E-state index contributed by atoms with van der Waals surface area (Å²) in [5, 5.41) is 6.00. The lowest BCUT2D eigenvalue weighted by molar-refractivity contribution is 0.0946. The van der Waals surface area contributed by atoms with Crippen LogP contribution >= 0.6 is 11.6 Å². The molecule has 0 fully saturated rings. The molecule has 5 nitrogen and oxygen atoms in total. The van der Waals surface area contributed by atoms with Gasteiger partial charge in [-0.15, -0.1) is 0 Å². The zero-order chi connectivity index (χ0) is 15.1. The number of anilines is 1. The summed E-state index contributed by atoms with van der Waals surface area (Å²) in [6.45, 7) is 0.796. The van der Waals surface area contributed by atoms with Crippen LogP contribution in [-0.2, 0) is 0 Å². The average Bonchev–Trinajstić information content (AvgIpc) is 2.52. The maximum absolute atomic E-state index is 11.9. The van der Waals surface area contributed by atoms with Crippen molar-refractivity contribution in [1.82, 2.24) is 10.3 Å². The van der Waals surface area contributed by atoms with Crippen molar-refractivity contribution in [1.29, 1.82) is 0 Å². The van der Waals surface area contributed by atoms with Crippen molar-refractivity contribution in [3.63, 3.8) is 0 Å². The monoisotopic (exact) mass is 305 g/mol. The highest BCUT2D eigenvalue weighted by atomic mass is 35.5. The topological polar surface area (TPSA) is 63.2 Å². The predicted octanol–water partition coefficient (Wildman–Crippen LogP) is 2.59. The van der Waals surface area contributed by atoms with Gasteiger partial charge in [0.05, 0.1) is 17.1 Å². The molecule has 0 aliphatic carbocycles. The lowest BCUT2D eigenvalue weighted by atomic mass is 10.2. The predicted molar refractivity (Wildman–Crippen MR) is 83.1 cm³/mol. The summed E-state index contributed by atoms with van der Waals surface area (Å²) >= 11 is 5.99. The minimum atomic E-state index is -0.233. The van der Waals surface area contributed by atoms with Gasteiger partial charge in [-0.3, -0.25) is 4.79 Å². The number of amides is 1. The van der Waals surface area contributed by atoms with E-state index >= 15 is 0 Å². The Bertz CT molecular complexity index is 605. The van der Waals surface area contributed by atoms with Crippen molar-refractivity contribution >= 4 is 23.3 Å². The number of ether oxygens (including phenoxy) is 1. The zero-order valence-corrected chi connectivity index (χ0v) is 12.4. The zero-order valence-electron chi connectivity index (χ0n) is 11.6. The van der Waals surface area contributed by atoms with Crippen LogP contribution in [0.3, 0.4) is 0 Å². The fraction of sp³-hybridized carbons (Fsp3) is 0.200. The first-order valence-electron chi connectivity index (χ1n) is 6.50. The summed E-state index contributed by atoms with van der Waals surface area (Å²) in [6.07, 6.45) is 1.48. The van der Waals surface area contributed by atoms with E-state index in [0.29, 0.717) is 29.6 Å². The van der Waals surface area contributed by atoms with E-state index in [1.807, 2.05) is 30.3 Å². The van der Waals surface area contributed by atoms with Gasteiger partial charge in [0.1, 0.15) is 18.2 Å². The quantitative estimate of drug-likeness (QED) is 0.805. The van der Waals surface area contributed by atoms with E-state index in [4.69, 9.17) is 16.3 Å². The van der Waals surface area contributed by atoms with Crippen molar-refractivity contribution in [2.24, 2.45) is 0 Å². The minimum Gasteiger partial charge on any atom is -0.492 e. The van der Waals surface area contributed by atoms with E-state index in [9.17, 15) is 4.79 Å². The summed E-state index contributed by atoms with van der Waals surface area (Å²) in [5.41, 5.74) is 0.415. The Kier molecular flexibility index (Phi) is 5.40. The summed E-state index contributed by atoms with van der Waals surface area (Å²) in [4.78, 5) is 16.0. The van der Waals surface area contributed by atoms with Crippen LogP contribution in [0.4, 0.5) is 5.82 Å².